The number of methoxy groups -OCH3 is 1. The zero-order valence-electron chi connectivity index (χ0n) is 13.2. The molecule has 1 aromatic carbocycles. The maximum Gasteiger partial charge on any atom is 0.407 e. The first kappa shape index (κ1) is 18.8. The fourth-order valence-corrected chi connectivity index (χ4v) is 2.74. The molecule has 0 aliphatic heterocycles. The van der Waals surface area contributed by atoms with E-state index in [1.54, 1.807) is 6.92 Å². The van der Waals surface area contributed by atoms with Gasteiger partial charge in [0.05, 0.1) is 37.8 Å². The van der Waals surface area contributed by atoms with E-state index in [1.165, 1.54) is 31.4 Å². The van der Waals surface area contributed by atoms with Crippen molar-refractivity contribution in [2.75, 3.05) is 37.4 Å². The average Bonchev–Trinajstić information content (AvgIpc) is 2.50. The van der Waals surface area contributed by atoms with Crippen molar-refractivity contribution in [2.45, 2.75) is 6.92 Å². The molecule has 0 atom stereocenters. The van der Waals surface area contributed by atoms with Gasteiger partial charge in [-0.3, -0.25) is 4.31 Å². The molecule has 1 N–H and O–H groups in total. The van der Waals surface area contributed by atoms with Crippen molar-refractivity contribution in [3.63, 3.8) is 0 Å². The molecule has 1 aromatic rings. The molecule has 1 amide bonds. The molecule has 0 saturated heterocycles. The quantitative estimate of drug-likeness (QED) is 0.740. The Balaban J connectivity index is 2.83. The lowest BCUT2D eigenvalue weighted by molar-refractivity contribution is 0.0600. The van der Waals surface area contributed by atoms with Crippen molar-refractivity contribution in [1.82, 2.24) is 5.32 Å². The lowest BCUT2D eigenvalue weighted by atomic mass is 10.2. The monoisotopic (exact) mass is 344 g/mol. The van der Waals surface area contributed by atoms with Gasteiger partial charge in [0.25, 0.3) is 0 Å². The highest BCUT2D eigenvalue weighted by Crippen LogP contribution is 2.18. The number of hydrogen-bond donors (Lipinski definition) is 1. The largest absolute Gasteiger partial charge is 0.465 e. The van der Waals surface area contributed by atoms with Crippen LogP contribution in [0.5, 0.6) is 0 Å². The molecule has 128 valence electrons. The van der Waals surface area contributed by atoms with Crippen LogP contribution in [-0.2, 0) is 19.5 Å². The van der Waals surface area contributed by atoms with Crippen LogP contribution in [0.4, 0.5) is 10.5 Å². The molecule has 23 heavy (non-hydrogen) atoms. The van der Waals surface area contributed by atoms with Crippen molar-refractivity contribution >= 4 is 27.8 Å². The van der Waals surface area contributed by atoms with Gasteiger partial charge < -0.3 is 14.8 Å². The minimum atomic E-state index is -3.54. The molecule has 8 nitrogen and oxygen atoms in total. The lowest BCUT2D eigenvalue weighted by Crippen LogP contribution is -2.38. The van der Waals surface area contributed by atoms with Crippen molar-refractivity contribution in [3.05, 3.63) is 29.8 Å². The third kappa shape index (κ3) is 5.78. The molecule has 0 aromatic heterocycles. The number of benzene rings is 1. The van der Waals surface area contributed by atoms with Crippen LogP contribution in [0.25, 0.3) is 0 Å². The first-order valence-electron chi connectivity index (χ1n) is 6.86. The van der Waals surface area contributed by atoms with Gasteiger partial charge in [-0.25, -0.2) is 18.0 Å². The third-order valence-corrected chi connectivity index (χ3v) is 4.03. The zero-order chi connectivity index (χ0) is 17.5. The Kier molecular flexibility index (Phi) is 6.83. The SMILES string of the molecule is CCOC(=O)NCCN(c1ccc(C(=O)OC)cc1)S(C)(=O)=O. The topological polar surface area (TPSA) is 102 Å². The van der Waals surface area contributed by atoms with E-state index in [-0.39, 0.29) is 19.7 Å². The molecule has 0 fully saturated rings. The highest BCUT2D eigenvalue weighted by atomic mass is 32.2. The Bertz CT molecular complexity index is 642. The number of rotatable bonds is 7. The highest BCUT2D eigenvalue weighted by molar-refractivity contribution is 7.92. The number of hydrogen-bond acceptors (Lipinski definition) is 6. The van der Waals surface area contributed by atoms with Gasteiger partial charge in [-0.2, -0.15) is 0 Å². The van der Waals surface area contributed by atoms with Crippen molar-refractivity contribution in [1.29, 1.82) is 0 Å². The normalized spacial score (nSPS) is 10.7. The van der Waals surface area contributed by atoms with E-state index in [2.05, 4.69) is 10.1 Å². The summed E-state index contributed by atoms with van der Waals surface area (Å²) in [5.41, 5.74) is 0.695. The standard InChI is InChI=1S/C14H20N2O6S/c1-4-22-14(18)15-9-10-16(23(3,19)20)12-7-5-11(6-8-12)13(17)21-2/h5-8H,4,9-10H2,1-3H3,(H,15,18). The van der Waals surface area contributed by atoms with E-state index in [0.717, 1.165) is 10.6 Å². The summed E-state index contributed by atoms with van der Waals surface area (Å²) in [6.07, 6.45) is 0.452. The number of sulfonamides is 1. The van der Waals surface area contributed by atoms with Crippen LogP contribution in [0.1, 0.15) is 17.3 Å². The summed E-state index contributed by atoms with van der Waals surface area (Å²) in [5, 5.41) is 2.45. The van der Waals surface area contributed by atoms with Gasteiger partial charge in [0.15, 0.2) is 0 Å². The lowest BCUT2D eigenvalue weighted by Gasteiger charge is -2.22. The van der Waals surface area contributed by atoms with Gasteiger partial charge in [0.1, 0.15) is 0 Å². The van der Waals surface area contributed by atoms with Crippen LogP contribution in [-0.4, -0.2) is 53.5 Å². The Morgan fingerprint density at radius 3 is 2.30 bits per heavy atom. The summed E-state index contributed by atoms with van der Waals surface area (Å²) in [4.78, 5) is 22.6. The Labute approximate surface area is 135 Å². The van der Waals surface area contributed by atoms with Gasteiger partial charge in [-0.05, 0) is 31.2 Å². The highest BCUT2D eigenvalue weighted by Gasteiger charge is 2.18. The Hall–Kier alpha value is -2.29. The van der Waals surface area contributed by atoms with E-state index < -0.39 is 22.1 Å². The molecule has 0 aliphatic rings. The summed E-state index contributed by atoms with van der Waals surface area (Å²) in [5.74, 6) is -0.508. The molecular formula is C14H20N2O6S. The number of esters is 1. The summed E-state index contributed by atoms with van der Waals surface area (Å²) in [6, 6.07) is 5.94. The summed E-state index contributed by atoms with van der Waals surface area (Å²) < 4.78 is 34.2. The molecule has 0 heterocycles. The summed E-state index contributed by atoms with van der Waals surface area (Å²) in [6.45, 7) is 2.03. The molecule has 0 aliphatic carbocycles. The van der Waals surface area contributed by atoms with Gasteiger partial charge in [-0.1, -0.05) is 0 Å². The van der Waals surface area contributed by atoms with E-state index in [4.69, 9.17) is 4.74 Å². The molecule has 9 heteroatoms. The predicted molar refractivity (Wildman–Crippen MR) is 85.0 cm³/mol. The summed E-state index contributed by atoms with van der Waals surface area (Å²) in [7, 11) is -2.28. The predicted octanol–water partition coefficient (Wildman–Crippen LogP) is 0.985. The van der Waals surface area contributed by atoms with Gasteiger partial charge in [-0.15, -0.1) is 0 Å². The molecule has 0 bridgehead atoms. The second-order valence-corrected chi connectivity index (χ2v) is 6.43. The van der Waals surface area contributed by atoms with Gasteiger partial charge >= 0.3 is 12.1 Å². The molecular weight excluding hydrogens is 324 g/mol. The first-order chi connectivity index (χ1) is 10.8. The van der Waals surface area contributed by atoms with Gasteiger partial charge in [0.2, 0.25) is 10.0 Å². The molecule has 1 rings (SSSR count). The van der Waals surface area contributed by atoms with Crippen LogP contribution >= 0.6 is 0 Å². The van der Waals surface area contributed by atoms with Crippen molar-refractivity contribution in [3.8, 4) is 0 Å². The Morgan fingerprint density at radius 2 is 1.83 bits per heavy atom. The number of anilines is 1. The number of carbonyl (C=O) groups is 2. The molecule has 0 saturated carbocycles. The second-order valence-electron chi connectivity index (χ2n) is 4.52. The van der Waals surface area contributed by atoms with E-state index in [0.29, 0.717) is 11.3 Å². The maximum atomic E-state index is 11.9. The fourth-order valence-electron chi connectivity index (χ4n) is 1.81. The van der Waals surface area contributed by atoms with E-state index >= 15 is 0 Å². The zero-order valence-corrected chi connectivity index (χ0v) is 14.1. The molecule has 0 unspecified atom stereocenters. The summed E-state index contributed by atoms with van der Waals surface area (Å²) >= 11 is 0. The number of ether oxygens (including phenoxy) is 2. The molecule has 0 spiro atoms. The Morgan fingerprint density at radius 1 is 1.22 bits per heavy atom. The smallest absolute Gasteiger partial charge is 0.407 e. The van der Waals surface area contributed by atoms with Crippen LogP contribution in [0.2, 0.25) is 0 Å². The van der Waals surface area contributed by atoms with Crippen LogP contribution < -0.4 is 9.62 Å². The van der Waals surface area contributed by atoms with Crippen LogP contribution in [0.3, 0.4) is 0 Å². The minimum absolute atomic E-state index is 0.0369. The average molecular weight is 344 g/mol. The minimum Gasteiger partial charge on any atom is -0.465 e. The first-order valence-corrected chi connectivity index (χ1v) is 8.71. The van der Waals surface area contributed by atoms with Crippen LogP contribution in [0, 0.1) is 0 Å². The molecule has 0 radical (unpaired) electrons. The van der Waals surface area contributed by atoms with Gasteiger partial charge in [0, 0.05) is 6.54 Å². The second kappa shape index (κ2) is 8.37. The van der Waals surface area contributed by atoms with Crippen molar-refractivity contribution < 1.29 is 27.5 Å². The third-order valence-electron chi connectivity index (χ3n) is 2.84. The number of nitrogens with zero attached hydrogens (tertiary/aromatic N) is 1. The van der Waals surface area contributed by atoms with E-state index in [9.17, 15) is 18.0 Å². The number of carbonyl (C=O) groups excluding carboxylic acids is 2. The van der Waals surface area contributed by atoms with E-state index in [1.807, 2.05) is 0 Å². The van der Waals surface area contributed by atoms with Crippen molar-refractivity contribution in [2.24, 2.45) is 0 Å². The number of alkyl carbamates (subject to hydrolysis) is 1. The number of amides is 1. The maximum absolute atomic E-state index is 11.9. The fraction of sp³-hybridized carbons (Fsp3) is 0.429. The number of nitrogens with one attached hydrogen (secondary N) is 1. The van der Waals surface area contributed by atoms with Crippen LogP contribution in [0.15, 0.2) is 24.3 Å².